The number of esters is 1. The van der Waals surface area contributed by atoms with Crippen LogP contribution in [-0.4, -0.2) is 44.3 Å². The molecule has 124 valence electrons. The molecule has 1 aromatic carbocycles. The first-order valence-electron chi connectivity index (χ1n) is 7.12. The summed E-state index contributed by atoms with van der Waals surface area (Å²) in [4.78, 5) is 28.3. The first kappa shape index (κ1) is 16.8. The monoisotopic (exact) mass is 321 g/mol. The van der Waals surface area contributed by atoms with E-state index < -0.39 is 5.97 Å². The van der Waals surface area contributed by atoms with Crippen LogP contribution in [0.15, 0.2) is 18.2 Å². The highest BCUT2D eigenvalue weighted by Crippen LogP contribution is 2.39. The minimum atomic E-state index is -0.480. The SMILES string of the molecule is COc1cc(/C=C/C(=O)N2CCCO2)cc(OC)c1OC(C)=O. The third-order valence-corrected chi connectivity index (χ3v) is 3.15. The maximum atomic E-state index is 11.9. The molecular weight excluding hydrogens is 302 g/mol. The third kappa shape index (κ3) is 4.23. The van der Waals surface area contributed by atoms with Crippen molar-refractivity contribution in [2.24, 2.45) is 0 Å². The second kappa shape index (κ2) is 7.64. The highest BCUT2D eigenvalue weighted by atomic mass is 16.7. The number of amides is 1. The van der Waals surface area contributed by atoms with Crippen molar-refractivity contribution in [2.75, 3.05) is 27.4 Å². The third-order valence-electron chi connectivity index (χ3n) is 3.15. The van der Waals surface area contributed by atoms with Crippen LogP contribution in [0.3, 0.4) is 0 Å². The van der Waals surface area contributed by atoms with E-state index in [2.05, 4.69) is 0 Å². The lowest BCUT2D eigenvalue weighted by molar-refractivity contribution is -0.162. The van der Waals surface area contributed by atoms with Crippen molar-refractivity contribution in [3.05, 3.63) is 23.8 Å². The highest BCUT2D eigenvalue weighted by Gasteiger charge is 2.18. The summed E-state index contributed by atoms with van der Waals surface area (Å²) in [6.45, 7) is 2.43. The summed E-state index contributed by atoms with van der Waals surface area (Å²) < 4.78 is 15.6. The Bertz CT molecular complexity index is 594. The number of rotatable bonds is 5. The molecule has 7 nitrogen and oxygen atoms in total. The minimum Gasteiger partial charge on any atom is -0.493 e. The molecular formula is C16H19NO6. The van der Waals surface area contributed by atoms with Gasteiger partial charge in [-0.15, -0.1) is 0 Å². The number of methoxy groups -OCH3 is 2. The van der Waals surface area contributed by atoms with Crippen molar-refractivity contribution in [3.8, 4) is 17.2 Å². The number of carbonyl (C=O) groups excluding carboxylic acids is 2. The first-order valence-corrected chi connectivity index (χ1v) is 7.12. The van der Waals surface area contributed by atoms with Gasteiger partial charge in [0.1, 0.15) is 0 Å². The van der Waals surface area contributed by atoms with Crippen LogP contribution in [0.5, 0.6) is 17.2 Å². The zero-order valence-corrected chi connectivity index (χ0v) is 13.3. The number of hydrogen-bond acceptors (Lipinski definition) is 6. The molecule has 0 saturated carbocycles. The molecule has 0 unspecified atom stereocenters. The summed E-state index contributed by atoms with van der Waals surface area (Å²) in [6.07, 6.45) is 3.86. The Balaban J connectivity index is 2.25. The van der Waals surface area contributed by atoms with Gasteiger partial charge in [0.15, 0.2) is 11.5 Å². The lowest BCUT2D eigenvalue weighted by atomic mass is 10.1. The Hall–Kier alpha value is -2.54. The molecule has 0 aliphatic carbocycles. The van der Waals surface area contributed by atoms with Crippen molar-refractivity contribution < 1.29 is 28.6 Å². The maximum Gasteiger partial charge on any atom is 0.308 e. The van der Waals surface area contributed by atoms with Gasteiger partial charge in [0.05, 0.1) is 27.4 Å². The van der Waals surface area contributed by atoms with Crippen LogP contribution >= 0.6 is 0 Å². The summed E-state index contributed by atoms with van der Waals surface area (Å²) in [5, 5.41) is 1.32. The van der Waals surface area contributed by atoms with Gasteiger partial charge in [-0.1, -0.05) is 0 Å². The van der Waals surface area contributed by atoms with Crippen LogP contribution in [0.4, 0.5) is 0 Å². The average molecular weight is 321 g/mol. The molecule has 0 N–H and O–H groups in total. The number of hydroxylamine groups is 2. The zero-order valence-electron chi connectivity index (χ0n) is 13.3. The molecule has 0 radical (unpaired) electrons. The van der Waals surface area contributed by atoms with Gasteiger partial charge in [0.25, 0.3) is 5.91 Å². The normalized spacial score (nSPS) is 14.1. The Kier molecular flexibility index (Phi) is 5.59. The Morgan fingerprint density at radius 3 is 2.35 bits per heavy atom. The lowest BCUT2D eigenvalue weighted by Gasteiger charge is -2.13. The highest BCUT2D eigenvalue weighted by molar-refractivity contribution is 5.91. The molecule has 1 aliphatic rings. The van der Waals surface area contributed by atoms with E-state index >= 15 is 0 Å². The topological polar surface area (TPSA) is 74.3 Å². The van der Waals surface area contributed by atoms with E-state index in [9.17, 15) is 9.59 Å². The first-order chi connectivity index (χ1) is 11.0. The van der Waals surface area contributed by atoms with E-state index in [-0.39, 0.29) is 11.7 Å². The Labute approximate surface area is 134 Å². The smallest absolute Gasteiger partial charge is 0.308 e. The number of ether oxygens (including phenoxy) is 3. The molecule has 1 heterocycles. The molecule has 1 aromatic rings. The maximum absolute atomic E-state index is 11.9. The molecule has 7 heteroatoms. The second-order valence-electron chi connectivity index (χ2n) is 4.81. The second-order valence-corrected chi connectivity index (χ2v) is 4.81. The van der Waals surface area contributed by atoms with Gasteiger partial charge >= 0.3 is 5.97 Å². The van der Waals surface area contributed by atoms with Gasteiger partial charge < -0.3 is 14.2 Å². The summed E-state index contributed by atoms with van der Waals surface area (Å²) in [6, 6.07) is 3.30. The summed E-state index contributed by atoms with van der Waals surface area (Å²) >= 11 is 0. The fraction of sp³-hybridized carbons (Fsp3) is 0.375. The van der Waals surface area contributed by atoms with Crippen LogP contribution in [0, 0.1) is 0 Å². The van der Waals surface area contributed by atoms with Gasteiger partial charge in [0, 0.05) is 13.0 Å². The average Bonchev–Trinajstić information content (AvgIpc) is 3.07. The molecule has 1 amide bonds. The van der Waals surface area contributed by atoms with E-state index in [1.54, 1.807) is 18.2 Å². The van der Waals surface area contributed by atoms with E-state index in [1.807, 2.05) is 0 Å². The van der Waals surface area contributed by atoms with E-state index in [0.29, 0.717) is 30.2 Å². The predicted octanol–water partition coefficient (Wildman–Crippen LogP) is 1.81. The molecule has 0 atom stereocenters. The fourth-order valence-electron chi connectivity index (χ4n) is 2.11. The van der Waals surface area contributed by atoms with Crippen LogP contribution < -0.4 is 14.2 Å². The summed E-state index contributed by atoms with van der Waals surface area (Å²) in [5.74, 6) is 0.165. The van der Waals surface area contributed by atoms with Crippen LogP contribution in [-0.2, 0) is 14.4 Å². The van der Waals surface area contributed by atoms with Crippen LogP contribution in [0.25, 0.3) is 6.08 Å². The number of hydrogen-bond donors (Lipinski definition) is 0. The van der Waals surface area contributed by atoms with Gasteiger partial charge in [0.2, 0.25) is 5.75 Å². The van der Waals surface area contributed by atoms with Crippen molar-refractivity contribution in [1.82, 2.24) is 5.06 Å². The van der Waals surface area contributed by atoms with Gasteiger partial charge in [-0.25, -0.2) is 5.06 Å². The van der Waals surface area contributed by atoms with Crippen molar-refractivity contribution in [1.29, 1.82) is 0 Å². The quantitative estimate of drug-likeness (QED) is 0.468. The Morgan fingerprint density at radius 2 is 1.87 bits per heavy atom. The minimum absolute atomic E-state index is 0.203. The molecule has 23 heavy (non-hydrogen) atoms. The number of nitrogens with zero attached hydrogens (tertiary/aromatic N) is 1. The molecule has 1 fully saturated rings. The largest absolute Gasteiger partial charge is 0.493 e. The van der Waals surface area contributed by atoms with E-state index in [0.717, 1.165) is 6.42 Å². The number of carbonyl (C=O) groups is 2. The molecule has 0 spiro atoms. The van der Waals surface area contributed by atoms with Crippen LogP contribution in [0.2, 0.25) is 0 Å². The predicted molar refractivity (Wildman–Crippen MR) is 82.2 cm³/mol. The van der Waals surface area contributed by atoms with Crippen molar-refractivity contribution >= 4 is 18.0 Å². The summed E-state index contributed by atoms with van der Waals surface area (Å²) in [7, 11) is 2.91. The molecule has 1 saturated heterocycles. The zero-order chi connectivity index (χ0) is 16.8. The molecule has 2 rings (SSSR count). The van der Waals surface area contributed by atoms with Crippen LogP contribution in [0.1, 0.15) is 18.9 Å². The van der Waals surface area contributed by atoms with Crippen molar-refractivity contribution in [2.45, 2.75) is 13.3 Å². The standard InChI is InChI=1S/C16H19NO6/c1-11(18)23-16-13(20-2)9-12(10-14(16)21-3)5-6-15(19)17-7-4-8-22-17/h5-6,9-10H,4,7-8H2,1-3H3/b6-5+. The van der Waals surface area contributed by atoms with E-state index in [1.165, 1.54) is 32.3 Å². The lowest BCUT2D eigenvalue weighted by Crippen LogP contribution is -2.24. The fourth-order valence-corrected chi connectivity index (χ4v) is 2.11. The molecule has 0 bridgehead atoms. The molecule has 0 aromatic heterocycles. The van der Waals surface area contributed by atoms with E-state index in [4.69, 9.17) is 19.0 Å². The van der Waals surface area contributed by atoms with Gasteiger partial charge in [-0.05, 0) is 30.2 Å². The molecule has 1 aliphatic heterocycles. The summed E-state index contributed by atoms with van der Waals surface area (Å²) in [5.41, 5.74) is 0.669. The van der Waals surface area contributed by atoms with Gasteiger partial charge in [-0.3, -0.25) is 14.4 Å². The van der Waals surface area contributed by atoms with Crippen molar-refractivity contribution in [3.63, 3.8) is 0 Å². The van der Waals surface area contributed by atoms with Gasteiger partial charge in [-0.2, -0.15) is 0 Å². The number of benzene rings is 1. The Morgan fingerprint density at radius 1 is 1.22 bits per heavy atom.